The molecule has 0 spiro atoms. The number of benzene rings is 1. The molecule has 32 heavy (non-hydrogen) atoms. The van der Waals surface area contributed by atoms with Gasteiger partial charge in [0.15, 0.2) is 0 Å². The molecule has 1 aromatic rings. The number of aliphatic hydroxyl groups is 1. The molecule has 1 aliphatic rings. The minimum atomic E-state index is -0.939. The molecular formula is C26H39N3O3. The predicted molar refractivity (Wildman–Crippen MR) is 131 cm³/mol. The number of ketones is 1. The van der Waals surface area contributed by atoms with Gasteiger partial charge in [-0.25, -0.2) is 0 Å². The van der Waals surface area contributed by atoms with Gasteiger partial charge in [-0.1, -0.05) is 60.7 Å². The minimum absolute atomic E-state index is 0.128. The zero-order valence-corrected chi connectivity index (χ0v) is 19.7. The Labute approximate surface area is 192 Å². The lowest BCUT2D eigenvalue weighted by molar-refractivity contribution is -0.139. The van der Waals surface area contributed by atoms with E-state index in [-0.39, 0.29) is 11.7 Å². The van der Waals surface area contributed by atoms with Crippen LogP contribution in [0.2, 0.25) is 0 Å². The molecule has 1 amide bonds. The Balaban J connectivity index is 0.00000161. The maximum absolute atomic E-state index is 12.8. The average Bonchev–Trinajstić information content (AvgIpc) is 2.81. The molecule has 0 radical (unpaired) electrons. The van der Waals surface area contributed by atoms with Crippen molar-refractivity contribution in [1.29, 1.82) is 0 Å². The maximum atomic E-state index is 12.8. The third-order valence-corrected chi connectivity index (χ3v) is 6.04. The van der Waals surface area contributed by atoms with Crippen LogP contribution in [-0.4, -0.2) is 46.9 Å². The Morgan fingerprint density at radius 1 is 1.22 bits per heavy atom. The zero-order valence-electron chi connectivity index (χ0n) is 19.7. The van der Waals surface area contributed by atoms with Gasteiger partial charge in [0.05, 0.1) is 11.5 Å². The summed E-state index contributed by atoms with van der Waals surface area (Å²) in [6.45, 7) is 9.64. The summed E-state index contributed by atoms with van der Waals surface area (Å²) < 4.78 is 0. The number of amides is 1. The third kappa shape index (κ3) is 7.46. The van der Waals surface area contributed by atoms with Gasteiger partial charge in [0.25, 0.3) is 0 Å². The van der Waals surface area contributed by atoms with E-state index in [1.54, 1.807) is 11.8 Å². The van der Waals surface area contributed by atoms with Gasteiger partial charge in [0.1, 0.15) is 11.8 Å². The largest absolute Gasteiger partial charge is 0.405 e. The zero-order chi connectivity index (χ0) is 24.1. The molecule has 5 N–H and O–H groups in total. The van der Waals surface area contributed by atoms with Gasteiger partial charge >= 0.3 is 0 Å². The number of nitrogens with two attached hydrogens (primary N) is 2. The first-order valence-corrected chi connectivity index (χ1v) is 11.1. The quantitative estimate of drug-likeness (QED) is 0.537. The molecular weight excluding hydrogens is 402 g/mol. The molecule has 0 saturated carbocycles. The number of rotatable bonds is 8. The molecule has 2 atom stereocenters. The van der Waals surface area contributed by atoms with Gasteiger partial charge in [-0.05, 0) is 58.2 Å². The summed E-state index contributed by atoms with van der Waals surface area (Å²) in [6, 6.07) is 8.85. The van der Waals surface area contributed by atoms with Crippen molar-refractivity contribution in [3.63, 3.8) is 0 Å². The number of Topliss-reactive ketones (excluding diaryl/α,β-unsaturated/α-hetero) is 1. The van der Waals surface area contributed by atoms with E-state index in [9.17, 15) is 14.7 Å². The number of hydrogen-bond acceptors (Lipinski definition) is 5. The molecule has 6 heteroatoms. The molecule has 0 aliphatic carbocycles. The van der Waals surface area contributed by atoms with Gasteiger partial charge in [-0.2, -0.15) is 0 Å². The van der Waals surface area contributed by atoms with E-state index in [0.717, 1.165) is 11.1 Å². The van der Waals surface area contributed by atoms with E-state index in [4.69, 9.17) is 5.73 Å². The molecule has 6 nitrogen and oxygen atoms in total. The van der Waals surface area contributed by atoms with Crippen molar-refractivity contribution in [2.24, 2.45) is 11.5 Å². The fraction of sp³-hybridized carbons (Fsp3) is 0.462. The van der Waals surface area contributed by atoms with Crippen molar-refractivity contribution in [3.8, 4) is 0 Å². The van der Waals surface area contributed by atoms with Crippen LogP contribution in [0.5, 0.6) is 0 Å². The second-order valence-corrected chi connectivity index (χ2v) is 8.24. The van der Waals surface area contributed by atoms with Crippen LogP contribution in [0, 0.1) is 0 Å². The molecule has 1 aliphatic heterocycles. The van der Waals surface area contributed by atoms with Crippen LogP contribution < -0.4 is 11.5 Å². The first-order valence-electron chi connectivity index (χ1n) is 11.1. The molecule has 0 aromatic heterocycles. The molecule has 2 rings (SSSR count). The van der Waals surface area contributed by atoms with Gasteiger partial charge in [0, 0.05) is 13.1 Å². The van der Waals surface area contributed by atoms with E-state index >= 15 is 0 Å². The fourth-order valence-electron chi connectivity index (χ4n) is 3.98. The Morgan fingerprint density at radius 3 is 2.28 bits per heavy atom. The highest BCUT2D eigenvalue weighted by molar-refractivity contribution is 5.89. The van der Waals surface area contributed by atoms with Crippen LogP contribution in [0.1, 0.15) is 52.0 Å². The van der Waals surface area contributed by atoms with E-state index in [1.165, 1.54) is 6.20 Å². The Hall–Kier alpha value is -2.70. The molecule has 1 heterocycles. The molecule has 176 valence electrons. The van der Waals surface area contributed by atoms with Crippen molar-refractivity contribution < 1.29 is 14.7 Å². The van der Waals surface area contributed by atoms with Crippen LogP contribution in [0.15, 0.2) is 66.9 Å². The number of aliphatic hydroxyl groups excluding tert-OH is 1. The van der Waals surface area contributed by atoms with E-state index in [0.29, 0.717) is 38.8 Å². The number of hydrogen-bond donors (Lipinski definition) is 3. The molecule has 1 aromatic carbocycles. The van der Waals surface area contributed by atoms with Crippen LogP contribution in [0.4, 0.5) is 0 Å². The lowest BCUT2D eigenvalue weighted by atomic mass is 9.70. The smallest absolute Gasteiger partial charge is 0.242 e. The second-order valence-electron chi connectivity index (χ2n) is 8.24. The van der Waals surface area contributed by atoms with Crippen LogP contribution in [0.25, 0.3) is 0 Å². The number of likely N-dealkylation sites (tertiary alicyclic amines) is 1. The van der Waals surface area contributed by atoms with E-state index in [1.807, 2.05) is 62.4 Å². The second kappa shape index (κ2) is 13.7. The van der Waals surface area contributed by atoms with Crippen LogP contribution in [0.3, 0.4) is 0 Å². The summed E-state index contributed by atoms with van der Waals surface area (Å²) in [4.78, 5) is 27.0. The lowest BCUT2D eigenvalue weighted by Gasteiger charge is -2.41. The van der Waals surface area contributed by atoms with E-state index < -0.39 is 17.6 Å². The monoisotopic (exact) mass is 441 g/mol. The fourth-order valence-corrected chi connectivity index (χ4v) is 3.98. The number of carbonyl (C=O) groups excluding carboxylic acids is 2. The van der Waals surface area contributed by atoms with Crippen LogP contribution >= 0.6 is 0 Å². The number of allylic oxidation sites excluding steroid dienone is 4. The first kappa shape index (κ1) is 27.3. The van der Waals surface area contributed by atoms with Gasteiger partial charge in [-0.15, -0.1) is 0 Å². The number of carbonyl (C=O) groups is 2. The van der Waals surface area contributed by atoms with Crippen molar-refractivity contribution in [1.82, 2.24) is 4.90 Å². The molecule has 1 fully saturated rings. The van der Waals surface area contributed by atoms with Crippen molar-refractivity contribution in [2.45, 2.75) is 64.0 Å². The Bertz CT molecular complexity index is 794. The third-order valence-electron chi connectivity index (χ3n) is 6.04. The summed E-state index contributed by atoms with van der Waals surface area (Å²) >= 11 is 0. The summed E-state index contributed by atoms with van der Waals surface area (Å²) in [5.41, 5.74) is 12.3. The minimum Gasteiger partial charge on any atom is -0.405 e. The number of piperidine rings is 1. The predicted octanol–water partition coefficient (Wildman–Crippen LogP) is 3.22. The number of nitrogens with zero attached hydrogens (tertiary/aromatic N) is 1. The Morgan fingerprint density at radius 2 is 1.78 bits per heavy atom. The maximum Gasteiger partial charge on any atom is 0.242 e. The topological polar surface area (TPSA) is 110 Å². The van der Waals surface area contributed by atoms with Crippen LogP contribution in [-0.2, 0) is 15.0 Å². The molecule has 0 bridgehead atoms. The Kier molecular flexibility index (Phi) is 11.7. The van der Waals surface area contributed by atoms with Crippen molar-refractivity contribution >= 4 is 11.7 Å². The molecule has 2 unspecified atom stereocenters. The molecule has 1 saturated heterocycles. The average molecular weight is 442 g/mol. The highest BCUT2D eigenvalue weighted by Gasteiger charge is 2.42. The highest BCUT2D eigenvalue weighted by atomic mass is 16.3. The highest BCUT2D eigenvalue weighted by Crippen LogP contribution is 2.36. The van der Waals surface area contributed by atoms with Gasteiger partial charge in [-0.3, -0.25) is 9.59 Å². The summed E-state index contributed by atoms with van der Waals surface area (Å²) in [5.74, 6) is -0.110. The van der Waals surface area contributed by atoms with Crippen molar-refractivity contribution in [2.75, 3.05) is 13.1 Å². The first-order chi connectivity index (χ1) is 15.2. The summed E-state index contributed by atoms with van der Waals surface area (Å²) in [6.07, 6.45) is 8.55. The van der Waals surface area contributed by atoms with E-state index in [2.05, 4.69) is 12.3 Å². The standard InChI is InChI=1S/C24H34N2O3.C2H5N/c1-4-5-9-18(2)12-13-21(28)22(25)23(29)26-16-14-24(15-17-26,19(3)27)20-10-7-6-8-11-20;1-2-3/h4-11,21-22,28H,12-17,25H2,1-3H3;2H,1,3H2/b5-4-,18-9+;. The van der Waals surface area contributed by atoms with Gasteiger partial charge in [0.2, 0.25) is 5.91 Å². The summed E-state index contributed by atoms with van der Waals surface area (Å²) in [5, 5.41) is 10.4. The van der Waals surface area contributed by atoms with Crippen molar-refractivity contribution in [3.05, 3.63) is 72.5 Å². The van der Waals surface area contributed by atoms with Gasteiger partial charge < -0.3 is 21.5 Å². The normalized spacial score (nSPS) is 17.8. The lowest BCUT2D eigenvalue weighted by Crippen LogP contribution is -2.55. The summed E-state index contributed by atoms with van der Waals surface area (Å²) in [7, 11) is 0. The SMILES string of the molecule is C/C=C\C=C(/C)CCC(O)C(N)C(=O)N1CCC(C(C)=O)(c2ccccc2)CC1.C=CN.